The van der Waals surface area contributed by atoms with Gasteiger partial charge >= 0.3 is 0 Å². The van der Waals surface area contributed by atoms with Gasteiger partial charge in [-0.15, -0.1) is 0 Å². The predicted octanol–water partition coefficient (Wildman–Crippen LogP) is 2.74. The molecular formula is C14H30N2. The predicted molar refractivity (Wildman–Crippen MR) is 71.8 cm³/mol. The van der Waals surface area contributed by atoms with E-state index < -0.39 is 0 Å². The fraction of sp³-hybridized carbons (Fsp3) is 1.00. The van der Waals surface area contributed by atoms with Gasteiger partial charge in [0.1, 0.15) is 0 Å². The summed E-state index contributed by atoms with van der Waals surface area (Å²) < 4.78 is 0. The molecule has 1 rings (SSSR count). The fourth-order valence-electron chi connectivity index (χ4n) is 2.57. The van der Waals surface area contributed by atoms with Crippen molar-refractivity contribution >= 4 is 0 Å². The van der Waals surface area contributed by atoms with Gasteiger partial charge in [-0.3, -0.25) is 0 Å². The summed E-state index contributed by atoms with van der Waals surface area (Å²) in [6.07, 6.45) is 4.05. The van der Waals surface area contributed by atoms with Crippen LogP contribution in [0.1, 0.15) is 47.0 Å². The second kappa shape index (κ2) is 7.29. The number of nitrogens with one attached hydrogen (secondary N) is 1. The molecule has 1 aliphatic rings. The van der Waals surface area contributed by atoms with Gasteiger partial charge in [-0.25, -0.2) is 0 Å². The maximum absolute atomic E-state index is 3.69. The minimum Gasteiger partial charge on any atom is -0.312 e. The van der Waals surface area contributed by atoms with E-state index in [1.165, 1.54) is 38.9 Å². The molecule has 1 saturated heterocycles. The second-order valence-electron chi connectivity index (χ2n) is 5.81. The van der Waals surface area contributed by atoms with Crippen LogP contribution < -0.4 is 5.32 Å². The first-order chi connectivity index (χ1) is 7.63. The van der Waals surface area contributed by atoms with Crippen LogP contribution in [0.15, 0.2) is 0 Å². The lowest BCUT2D eigenvalue weighted by Crippen LogP contribution is -2.47. The first-order valence-corrected chi connectivity index (χ1v) is 7.09. The van der Waals surface area contributed by atoms with Gasteiger partial charge in [0, 0.05) is 19.1 Å². The number of rotatable bonds is 6. The van der Waals surface area contributed by atoms with Crippen molar-refractivity contribution in [1.29, 1.82) is 0 Å². The topological polar surface area (TPSA) is 15.3 Å². The van der Waals surface area contributed by atoms with E-state index in [1.807, 2.05) is 0 Å². The first-order valence-electron chi connectivity index (χ1n) is 7.09. The fourth-order valence-corrected chi connectivity index (χ4v) is 2.57. The summed E-state index contributed by atoms with van der Waals surface area (Å²) in [5.41, 5.74) is 0. The highest BCUT2D eigenvalue weighted by molar-refractivity contribution is 4.78. The lowest BCUT2D eigenvalue weighted by Gasteiger charge is -2.35. The minimum absolute atomic E-state index is 0.672. The molecule has 0 aromatic rings. The summed E-state index contributed by atoms with van der Waals surface area (Å²) in [7, 11) is 0. The minimum atomic E-state index is 0.672. The zero-order valence-corrected chi connectivity index (χ0v) is 11.6. The van der Waals surface area contributed by atoms with Crippen LogP contribution in [0.3, 0.4) is 0 Å². The summed E-state index contributed by atoms with van der Waals surface area (Å²) in [5, 5.41) is 3.69. The van der Waals surface area contributed by atoms with Crippen LogP contribution in [0.4, 0.5) is 0 Å². The Morgan fingerprint density at radius 3 is 2.69 bits per heavy atom. The molecule has 0 bridgehead atoms. The van der Waals surface area contributed by atoms with Crippen LogP contribution >= 0.6 is 0 Å². The highest BCUT2D eigenvalue weighted by atomic mass is 15.2. The quantitative estimate of drug-likeness (QED) is 0.749. The van der Waals surface area contributed by atoms with E-state index in [4.69, 9.17) is 0 Å². The third-order valence-corrected chi connectivity index (χ3v) is 3.66. The van der Waals surface area contributed by atoms with Crippen LogP contribution in [-0.2, 0) is 0 Å². The Morgan fingerprint density at radius 2 is 2.12 bits per heavy atom. The zero-order valence-electron chi connectivity index (χ0n) is 11.6. The molecule has 2 unspecified atom stereocenters. The molecule has 0 aromatic heterocycles. The molecule has 1 heterocycles. The summed E-state index contributed by atoms with van der Waals surface area (Å²) in [6, 6.07) is 0.672. The molecule has 16 heavy (non-hydrogen) atoms. The van der Waals surface area contributed by atoms with Crippen LogP contribution in [0.5, 0.6) is 0 Å². The van der Waals surface area contributed by atoms with Crippen LogP contribution in [0, 0.1) is 11.8 Å². The summed E-state index contributed by atoms with van der Waals surface area (Å²) in [6.45, 7) is 14.3. The molecule has 2 nitrogen and oxygen atoms in total. The second-order valence-corrected chi connectivity index (χ2v) is 5.81. The molecule has 0 amide bonds. The molecule has 0 spiro atoms. The maximum atomic E-state index is 3.69. The van der Waals surface area contributed by atoms with Crippen molar-refractivity contribution in [2.24, 2.45) is 11.8 Å². The molecule has 0 aromatic carbocycles. The Hall–Kier alpha value is -0.0800. The molecule has 1 N–H and O–H groups in total. The van der Waals surface area contributed by atoms with Gasteiger partial charge in [-0.05, 0) is 44.2 Å². The van der Waals surface area contributed by atoms with Crippen molar-refractivity contribution in [3.05, 3.63) is 0 Å². The number of hydrogen-bond acceptors (Lipinski definition) is 2. The summed E-state index contributed by atoms with van der Waals surface area (Å²) in [5.74, 6) is 1.64. The van der Waals surface area contributed by atoms with Crippen LogP contribution in [-0.4, -0.2) is 37.1 Å². The van der Waals surface area contributed by atoms with Crippen LogP contribution in [0.25, 0.3) is 0 Å². The summed E-state index contributed by atoms with van der Waals surface area (Å²) >= 11 is 0. The highest BCUT2D eigenvalue weighted by Crippen LogP contribution is 2.16. The van der Waals surface area contributed by atoms with Crippen molar-refractivity contribution < 1.29 is 0 Å². The van der Waals surface area contributed by atoms with Gasteiger partial charge in [0.2, 0.25) is 0 Å². The molecule has 2 heteroatoms. The Labute approximate surface area is 102 Å². The van der Waals surface area contributed by atoms with E-state index in [2.05, 4.69) is 37.9 Å². The highest BCUT2D eigenvalue weighted by Gasteiger charge is 2.21. The Balaban J connectivity index is 2.34. The van der Waals surface area contributed by atoms with Gasteiger partial charge in [0.05, 0.1) is 0 Å². The normalized spacial score (nSPS) is 24.9. The lowest BCUT2D eigenvalue weighted by atomic mass is 9.97. The van der Waals surface area contributed by atoms with Crippen molar-refractivity contribution in [3.63, 3.8) is 0 Å². The molecule has 2 atom stereocenters. The van der Waals surface area contributed by atoms with E-state index in [0.717, 1.165) is 18.4 Å². The van der Waals surface area contributed by atoms with E-state index in [-0.39, 0.29) is 0 Å². The van der Waals surface area contributed by atoms with E-state index in [0.29, 0.717) is 6.04 Å². The molecular weight excluding hydrogens is 196 g/mol. The third-order valence-electron chi connectivity index (χ3n) is 3.66. The van der Waals surface area contributed by atoms with E-state index in [9.17, 15) is 0 Å². The number of piperidine rings is 1. The molecule has 0 aliphatic carbocycles. The van der Waals surface area contributed by atoms with Crippen molar-refractivity contribution in [2.75, 3.05) is 26.2 Å². The smallest absolute Gasteiger partial charge is 0.0217 e. The summed E-state index contributed by atoms with van der Waals surface area (Å²) in [4.78, 5) is 2.65. The van der Waals surface area contributed by atoms with Gasteiger partial charge in [-0.2, -0.15) is 0 Å². The third kappa shape index (κ3) is 4.84. The average Bonchev–Trinajstić information content (AvgIpc) is 2.24. The number of nitrogens with zero attached hydrogens (tertiary/aromatic N) is 1. The van der Waals surface area contributed by atoms with Gasteiger partial charge < -0.3 is 10.2 Å². The molecule has 96 valence electrons. The van der Waals surface area contributed by atoms with Gasteiger partial charge in [-0.1, -0.05) is 27.7 Å². The van der Waals surface area contributed by atoms with Gasteiger partial charge in [0.15, 0.2) is 0 Å². The van der Waals surface area contributed by atoms with E-state index >= 15 is 0 Å². The van der Waals surface area contributed by atoms with Crippen molar-refractivity contribution in [2.45, 2.75) is 53.0 Å². The largest absolute Gasteiger partial charge is 0.312 e. The average molecular weight is 226 g/mol. The van der Waals surface area contributed by atoms with Crippen LogP contribution in [0.2, 0.25) is 0 Å². The van der Waals surface area contributed by atoms with E-state index in [1.54, 1.807) is 0 Å². The number of hydrogen-bond donors (Lipinski definition) is 1. The molecule has 0 radical (unpaired) electrons. The van der Waals surface area contributed by atoms with Gasteiger partial charge in [0.25, 0.3) is 0 Å². The number of likely N-dealkylation sites (tertiary alicyclic amines) is 1. The van der Waals surface area contributed by atoms with Crippen molar-refractivity contribution in [1.82, 2.24) is 10.2 Å². The maximum Gasteiger partial charge on any atom is 0.0217 e. The molecule has 1 fully saturated rings. The Morgan fingerprint density at radius 1 is 1.38 bits per heavy atom. The molecule has 1 aliphatic heterocycles. The van der Waals surface area contributed by atoms with Crippen molar-refractivity contribution in [3.8, 4) is 0 Å². The SMILES string of the molecule is CCCNC(CN1CCCC(C)C1)C(C)C. The monoisotopic (exact) mass is 226 g/mol. The Bertz CT molecular complexity index is 180. The lowest BCUT2D eigenvalue weighted by molar-refractivity contribution is 0.154. The molecule has 0 saturated carbocycles. The zero-order chi connectivity index (χ0) is 12.0. The Kier molecular flexibility index (Phi) is 6.37. The first kappa shape index (κ1) is 14.0. The standard InChI is InChI=1S/C14H30N2/c1-5-8-15-14(12(2)3)11-16-9-6-7-13(4)10-16/h12-15H,5-11H2,1-4H3.